The largest absolute Gasteiger partial charge is 0.452 e. The molecule has 1 rings (SSSR count). The zero-order valence-electron chi connectivity index (χ0n) is 12.6. The van der Waals surface area contributed by atoms with Crippen molar-refractivity contribution in [3.63, 3.8) is 0 Å². The zero-order chi connectivity index (χ0) is 15.2. The van der Waals surface area contributed by atoms with Crippen LogP contribution < -0.4 is 5.32 Å². The van der Waals surface area contributed by atoms with Crippen LogP contribution >= 0.6 is 0 Å². The molecule has 1 amide bonds. The van der Waals surface area contributed by atoms with E-state index in [4.69, 9.17) is 4.74 Å². The maximum atomic E-state index is 12.1. The van der Waals surface area contributed by atoms with Gasteiger partial charge in [-0.3, -0.25) is 9.59 Å². The van der Waals surface area contributed by atoms with Crippen molar-refractivity contribution >= 4 is 11.9 Å². The normalized spacial score (nSPS) is 12.6. The molecule has 1 unspecified atom stereocenters. The molecule has 0 aromatic heterocycles. The van der Waals surface area contributed by atoms with Crippen LogP contribution in [0.15, 0.2) is 30.3 Å². The molecule has 20 heavy (non-hydrogen) atoms. The molecule has 0 aliphatic rings. The van der Waals surface area contributed by atoms with Crippen LogP contribution in [0.2, 0.25) is 0 Å². The summed E-state index contributed by atoms with van der Waals surface area (Å²) in [6.45, 7) is 7.01. The molecule has 0 spiro atoms. The fourth-order valence-electron chi connectivity index (χ4n) is 1.84. The highest BCUT2D eigenvalue weighted by molar-refractivity contribution is 5.83. The molecule has 0 heterocycles. The lowest BCUT2D eigenvalue weighted by Crippen LogP contribution is -2.47. The number of amides is 1. The fourth-order valence-corrected chi connectivity index (χ4v) is 1.84. The van der Waals surface area contributed by atoms with Crippen LogP contribution in [0, 0.1) is 0 Å². The number of rotatable bonds is 5. The third-order valence-corrected chi connectivity index (χ3v) is 2.64. The Hall–Kier alpha value is -1.84. The second kappa shape index (κ2) is 7.08. The van der Waals surface area contributed by atoms with Gasteiger partial charge in [0.1, 0.15) is 0 Å². The molecule has 0 bridgehead atoms. The van der Waals surface area contributed by atoms with Crippen molar-refractivity contribution in [3.8, 4) is 0 Å². The first-order chi connectivity index (χ1) is 9.28. The lowest BCUT2D eigenvalue weighted by molar-refractivity contribution is -0.154. The Morgan fingerprint density at radius 2 is 1.80 bits per heavy atom. The van der Waals surface area contributed by atoms with Gasteiger partial charge in [0, 0.05) is 12.5 Å². The Labute approximate surface area is 120 Å². The highest BCUT2D eigenvalue weighted by atomic mass is 16.5. The SMILES string of the molecule is CC(=O)OC(CCc1ccccc1)C(=O)NC(C)(C)C. The fraction of sp³-hybridized carbons (Fsp3) is 0.500. The first-order valence-corrected chi connectivity index (χ1v) is 6.81. The summed E-state index contributed by atoms with van der Waals surface area (Å²) < 4.78 is 5.13. The van der Waals surface area contributed by atoms with E-state index in [-0.39, 0.29) is 11.4 Å². The van der Waals surface area contributed by atoms with Crippen LogP contribution in [-0.4, -0.2) is 23.5 Å². The van der Waals surface area contributed by atoms with E-state index in [1.54, 1.807) is 0 Å². The molecule has 4 heteroatoms. The predicted octanol–water partition coefficient (Wildman–Crippen LogP) is 2.47. The maximum absolute atomic E-state index is 12.1. The van der Waals surface area contributed by atoms with Gasteiger partial charge in [-0.05, 0) is 39.2 Å². The van der Waals surface area contributed by atoms with Crippen molar-refractivity contribution < 1.29 is 14.3 Å². The van der Waals surface area contributed by atoms with E-state index in [1.165, 1.54) is 6.92 Å². The van der Waals surface area contributed by atoms with Crippen LogP contribution in [0.25, 0.3) is 0 Å². The van der Waals surface area contributed by atoms with E-state index in [1.807, 2.05) is 51.1 Å². The summed E-state index contributed by atoms with van der Waals surface area (Å²) in [6.07, 6.45) is 0.425. The predicted molar refractivity (Wildman–Crippen MR) is 78.2 cm³/mol. The number of carbonyl (C=O) groups is 2. The molecule has 0 fully saturated rings. The molecular formula is C16H23NO3. The summed E-state index contributed by atoms with van der Waals surface area (Å²) in [6, 6.07) is 9.83. The monoisotopic (exact) mass is 277 g/mol. The Morgan fingerprint density at radius 3 is 2.30 bits per heavy atom. The van der Waals surface area contributed by atoms with Crippen LogP contribution in [0.5, 0.6) is 0 Å². The molecule has 1 N–H and O–H groups in total. The smallest absolute Gasteiger partial charge is 0.303 e. The van der Waals surface area contributed by atoms with Crippen LogP contribution in [0.4, 0.5) is 0 Å². The molecule has 0 aliphatic carbocycles. The van der Waals surface area contributed by atoms with Crippen molar-refractivity contribution in [1.82, 2.24) is 5.32 Å². The average Bonchev–Trinajstić information content (AvgIpc) is 2.33. The van der Waals surface area contributed by atoms with Crippen LogP contribution in [0.1, 0.15) is 39.7 Å². The van der Waals surface area contributed by atoms with Crippen LogP contribution in [0.3, 0.4) is 0 Å². The molecule has 1 aromatic rings. The van der Waals surface area contributed by atoms with E-state index in [2.05, 4.69) is 5.32 Å². The van der Waals surface area contributed by atoms with Crippen molar-refractivity contribution in [3.05, 3.63) is 35.9 Å². The summed E-state index contributed by atoms with van der Waals surface area (Å²) in [7, 11) is 0. The second-order valence-electron chi connectivity index (χ2n) is 5.86. The second-order valence-corrected chi connectivity index (χ2v) is 5.86. The Morgan fingerprint density at radius 1 is 1.20 bits per heavy atom. The number of hydrogen-bond acceptors (Lipinski definition) is 3. The number of nitrogens with one attached hydrogen (secondary N) is 1. The minimum absolute atomic E-state index is 0.247. The molecule has 0 saturated carbocycles. The molecule has 1 aromatic carbocycles. The number of aryl methyl sites for hydroxylation is 1. The average molecular weight is 277 g/mol. The van der Waals surface area contributed by atoms with E-state index < -0.39 is 12.1 Å². The van der Waals surface area contributed by atoms with Gasteiger partial charge in [0.25, 0.3) is 5.91 Å². The number of ether oxygens (including phenoxy) is 1. The number of esters is 1. The third kappa shape index (κ3) is 6.36. The van der Waals surface area contributed by atoms with Gasteiger partial charge >= 0.3 is 5.97 Å². The van der Waals surface area contributed by atoms with Gasteiger partial charge in [-0.25, -0.2) is 0 Å². The first kappa shape index (κ1) is 16.2. The van der Waals surface area contributed by atoms with Gasteiger partial charge in [0.05, 0.1) is 0 Å². The van der Waals surface area contributed by atoms with E-state index in [0.29, 0.717) is 12.8 Å². The third-order valence-electron chi connectivity index (χ3n) is 2.64. The molecule has 0 radical (unpaired) electrons. The van der Waals surface area contributed by atoms with Crippen molar-refractivity contribution in [2.45, 2.75) is 52.2 Å². The topological polar surface area (TPSA) is 55.4 Å². The van der Waals surface area contributed by atoms with Gasteiger partial charge in [0.2, 0.25) is 0 Å². The molecular weight excluding hydrogens is 254 g/mol. The van der Waals surface area contributed by atoms with Gasteiger partial charge in [-0.2, -0.15) is 0 Å². The first-order valence-electron chi connectivity index (χ1n) is 6.81. The zero-order valence-corrected chi connectivity index (χ0v) is 12.6. The van der Waals surface area contributed by atoms with Crippen molar-refractivity contribution in [2.24, 2.45) is 0 Å². The number of hydrogen-bond donors (Lipinski definition) is 1. The molecule has 0 aliphatic heterocycles. The number of carbonyl (C=O) groups excluding carboxylic acids is 2. The lowest BCUT2D eigenvalue weighted by Gasteiger charge is -2.24. The Bertz CT molecular complexity index is 449. The van der Waals surface area contributed by atoms with E-state index in [9.17, 15) is 9.59 Å². The summed E-state index contributed by atoms with van der Waals surface area (Å²) in [5, 5.41) is 2.84. The highest BCUT2D eigenvalue weighted by Gasteiger charge is 2.25. The van der Waals surface area contributed by atoms with Crippen LogP contribution in [-0.2, 0) is 20.7 Å². The quantitative estimate of drug-likeness (QED) is 0.841. The summed E-state index contributed by atoms with van der Waals surface area (Å²) in [5.41, 5.74) is 0.774. The highest BCUT2D eigenvalue weighted by Crippen LogP contribution is 2.10. The van der Waals surface area contributed by atoms with Gasteiger partial charge < -0.3 is 10.1 Å². The molecule has 0 saturated heterocycles. The van der Waals surface area contributed by atoms with Crippen molar-refractivity contribution in [1.29, 1.82) is 0 Å². The van der Waals surface area contributed by atoms with Gasteiger partial charge in [0.15, 0.2) is 6.10 Å². The standard InChI is InChI=1S/C16H23NO3/c1-12(18)20-14(15(19)17-16(2,3)4)11-10-13-8-6-5-7-9-13/h5-9,14H,10-11H2,1-4H3,(H,17,19). The minimum atomic E-state index is -0.744. The molecule has 4 nitrogen and oxygen atoms in total. The summed E-state index contributed by atoms with van der Waals surface area (Å²) in [5.74, 6) is -0.684. The molecule has 1 atom stereocenters. The van der Waals surface area contributed by atoms with E-state index in [0.717, 1.165) is 5.56 Å². The Kier molecular flexibility index (Phi) is 5.74. The Balaban J connectivity index is 2.64. The van der Waals surface area contributed by atoms with Crippen molar-refractivity contribution in [2.75, 3.05) is 0 Å². The van der Waals surface area contributed by atoms with Gasteiger partial charge in [-0.15, -0.1) is 0 Å². The lowest BCUT2D eigenvalue weighted by atomic mass is 10.0. The van der Waals surface area contributed by atoms with E-state index >= 15 is 0 Å². The minimum Gasteiger partial charge on any atom is -0.452 e. The number of benzene rings is 1. The summed E-state index contributed by atoms with van der Waals surface area (Å²) in [4.78, 5) is 23.3. The maximum Gasteiger partial charge on any atom is 0.303 e. The molecule has 110 valence electrons. The summed E-state index contributed by atoms with van der Waals surface area (Å²) >= 11 is 0. The van der Waals surface area contributed by atoms with Gasteiger partial charge in [-0.1, -0.05) is 30.3 Å².